The van der Waals surface area contributed by atoms with Crippen LogP contribution in [0.5, 0.6) is 0 Å². The van der Waals surface area contributed by atoms with Gasteiger partial charge >= 0.3 is 0 Å². The standard InChI is InChI=1S/C16H25N3O2/c1-21-12-15(17)16(20)18-10-13-4-6-14(7-5-13)11-19-8-2-3-9-19/h4-7,15H,2-3,8-12,17H2,1H3,(H,18,20). The molecular formula is C16H25N3O2. The molecule has 1 aliphatic rings. The summed E-state index contributed by atoms with van der Waals surface area (Å²) < 4.78 is 4.87. The number of methoxy groups -OCH3 is 1. The highest BCUT2D eigenvalue weighted by Gasteiger charge is 2.13. The quantitative estimate of drug-likeness (QED) is 0.782. The predicted octanol–water partition coefficient (Wildman–Crippen LogP) is 0.872. The fourth-order valence-corrected chi connectivity index (χ4v) is 2.54. The van der Waals surface area contributed by atoms with Crippen molar-refractivity contribution in [2.45, 2.75) is 32.0 Å². The van der Waals surface area contributed by atoms with Gasteiger partial charge in [0.15, 0.2) is 0 Å². The second kappa shape index (κ2) is 8.12. The van der Waals surface area contributed by atoms with Gasteiger partial charge in [-0.1, -0.05) is 24.3 Å². The number of hydrogen-bond acceptors (Lipinski definition) is 4. The van der Waals surface area contributed by atoms with Crippen LogP contribution in [0.1, 0.15) is 24.0 Å². The normalized spacial score (nSPS) is 16.9. The second-order valence-electron chi connectivity index (χ2n) is 5.58. The minimum Gasteiger partial charge on any atom is -0.383 e. The summed E-state index contributed by atoms with van der Waals surface area (Å²) in [6.07, 6.45) is 2.62. The molecule has 1 saturated heterocycles. The van der Waals surface area contributed by atoms with E-state index >= 15 is 0 Å². The molecule has 1 aromatic carbocycles. The molecule has 2 rings (SSSR count). The summed E-state index contributed by atoms with van der Waals surface area (Å²) >= 11 is 0. The van der Waals surface area contributed by atoms with Crippen LogP contribution in [0.4, 0.5) is 0 Å². The van der Waals surface area contributed by atoms with E-state index in [2.05, 4.69) is 34.5 Å². The highest BCUT2D eigenvalue weighted by molar-refractivity contribution is 5.81. The average Bonchev–Trinajstić information content (AvgIpc) is 2.99. The lowest BCUT2D eigenvalue weighted by Crippen LogP contribution is -2.43. The molecule has 0 spiro atoms. The monoisotopic (exact) mass is 291 g/mol. The molecule has 21 heavy (non-hydrogen) atoms. The lowest BCUT2D eigenvalue weighted by atomic mass is 10.1. The van der Waals surface area contributed by atoms with Gasteiger partial charge < -0.3 is 15.8 Å². The Balaban J connectivity index is 1.77. The minimum absolute atomic E-state index is 0.182. The molecule has 1 heterocycles. The molecule has 0 bridgehead atoms. The van der Waals surface area contributed by atoms with Crippen LogP contribution in [0.3, 0.4) is 0 Å². The van der Waals surface area contributed by atoms with Crippen LogP contribution in [0, 0.1) is 0 Å². The Morgan fingerprint density at radius 2 is 1.90 bits per heavy atom. The zero-order valence-electron chi connectivity index (χ0n) is 12.7. The number of nitrogens with one attached hydrogen (secondary N) is 1. The molecule has 5 heteroatoms. The Bertz CT molecular complexity index is 441. The number of amides is 1. The van der Waals surface area contributed by atoms with Crippen LogP contribution in [-0.2, 0) is 22.6 Å². The highest BCUT2D eigenvalue weighted by Crippen LogP contribution is 2.13. The van der Waals surface area contributed by atoms with Crippen molar-refractivity contribution in [1.29, 1.82) is 0 Å². The summed E-state index contributed by atoms with van der Waals surface area (Å²) in [6.45, 7) is 4.16. The van der Waals surface area contributed by atoms with Crippen molar-refractivity contribution in [3.05, 3.63) is 35.4 Å². The molecule has 0 aromatic heterocycles. The number of hydrogen-bond donors (Lipinski definition) is 2. The van der Waals surface area contributed by atoms with Crippen LogP contribution in [0.15, 0.2) is 24.3 Å². The molecule has 1 atom stereocenters. The third-order valence-electron chi connectivity index (χ3n) is 3.78. The van der Waals surface area contributed by atoms with E-state index in [-0.39, 0.29) is 12.5 Å². The number of nitrogens with zero attached hydrogens (tertiary/aromatic N) is 1. The number of carbonyl (C=O) groups excluding carboxylic acids is 1. The Hall–Kier alpha value is -1.43. The van der Waals surface area contributed by atoms with Crippen molar-refractivity contribution in [2.75, 3.05) is 26.8 Å². The van der Waals surface area contributed by atoms with Gasteiger partial charge in [0.25, 0.3) is 0 Å². The third kappa shape index (κ3) is 5.12. The number of carbonyl (C=O) groups is 1. The van der Waals surface area contributed by atoms with Gasteiger partial charge in [0, 0.05) is 20.2 Å². The molecule has 1 aromatic rings. The Kier molecular flexibility index (Phi) is 6.17. The first-order valence-electron chi connectivity index (χ1n) is 7.51. The van der Waals surface area contributed by atoms with Crippen LogP contribution in [-0.4, -0.2) is 43.7 Å². The van der Waals surface area contributed by atoms with E-state index in [0.717, 1.165) is 12.1 Å². The Morgan fingerprint density at radius 1 is 1.29 bits per heavy atom. The molecule has 116 valence electrons. The number of ether oxygens (including phenoxy) is 1. The van der Waals surface area contributed by atoms with Crippen LogP contribution >= 0.6 is 0 Å². The first-order valence-corrected chi connectivity index (χ1v) is 7.51. The largest absolute Gasteiger partial charge is 0.383 e. The summed E-state index contributed by atoms with van der Waals surface area (Å²) in [4.78, 5) is 14.2. The van der Waals surface area contributed by atoms with Crippen molar-refractivity contribution in [3.63, 3.8) is 0 Å². The first-order chi connectivity index (χ1) is 10.2. The first kappa shape index (κ1) is 15.9. The molecule has 0 saturated carbocycles. The molecule has 5 nitrogen and oxygen atoms in total. The summed E-state index contributed by atoms with van der Waals surface area (Å²) in [5, 5.41) is 2.82. The summed E-state index contributed by atoms with van der Waals surface area (Å²) in [5.41, 5.74) is 8.07. The second-order valence-corrected chi connectivity index (χ2v) is 5.58. The van der Waals surface area contributed by atoms with E-state index in [0.29, 0.717) is 6.54 Å². The van der Waals surface area contributed by atoms with Gasteiger partial charge in [-0.25, -0.2) is 0 Å². The number of likely N-dealkylation sites (tertiary alicyclic amines) is 1. The topological polar surface area (TPSA) is 67.6 Å². The maximum absolute atomic E-state index is 11.7. The molecule has 1 amide bonds. The van der Waals surface area contributed by atoms with Gasteiger partial charge in [-0.3, -0.25) is 9.69 Å². The van der Waals surface area contributed by atoms with Gasteiger partial charge in [-0.05, 0) is 37.1 Å². The summed E-state index contributed by atoms with van der Waals surface area (Å²) in [5.74, 6) is -0.182. The van der Waals surface area contributed by atoms with E-state index in [4.69, 9.17) is 10.5 Å². The van der Waals surface area contributed by atoms with E-state index < -0.39 is 6.04 Å². The SMILES string of the molecule is COCC(N)C(=O)NCc1ccc(CN2CCCC2)cc1. The van der Waals surface area contributed by atoms with Crippen LogP contribution < -0.4 is 11.1 Å². The van der Waals surface area contributed by atoms with Crippen LogP contribution in [0.2, 0.25) is 0 Å². The number of nitrogens with two attached hydrogens (primary N) is 1. The minimum atomic E-state index is -0.607. The highest BCUT2D eigenvalue weighted by atomic mass is 16.5. The van der Waals surface area contributed by atoms with E-state index in [1.165, 1.54) is 38.6 Å². The van der Waals surface area contributed by atoms with Crippen molar-refractivity contribution >= 4 is 5.91 Å². The third-order valence-corrected chi connectivity index (χ3v) is 3.78. The van der Waals surface area contributed by atoms with E-state index in [1.807, 2.05) is 0 Å². The predicted molar refractivity (Wildman–Crippen MR) is 82.7 cm³/mol. The summed E-state index contributed by atoms with van der Waals surface area (Å²) in [7, 11) is 1.53. The van der Waals surface area contributed by atoms with Crippen molar-refractivity contribution in [3.8, 4) is 0 Å². The average molecular weight is 291 g/mol. The van der Waals surface area contributed by atoms with E-state index in [9.17, 15) is 4.79 Å². The molecule has 1 aliphatic heterocycles. The lowest BCUT2D eigenvalue weighted by Gasteiger charge is -2.15. The number of rotatable bonds is 7. The molecule has 0 radical (unpaired) electrons. The van der Waals surface area contributed by atoms with Gasteiger partial charge in [-0.15, -0.1) is 0 Å². The zero-order valence-corrected chi connectivity index (χ0v) is 12.7. The maximum atomic E-state index is 11.7. The maximum Gasteiger partial charge on any atom is 0.239 e. The molecule has 1 unspecified atom stereocenters. The number of benzene rings is 1. The van der Waals surface area contributed by atoms with E-state index in [1.54, 1.807) is 0 Å². The molecule has 3 N–H and O–H groups in total. The molecule has 0 aliphatic carbocycles. The fourth-order valence-electron chi connectivity index (χ4n) is 2.54. The lowest BCUT2D eigenvalue weighted by molar-refractivity contribution is -0.123. The molecule has 1 fully saturated rings. The van der Waals surface area contributed by atoms with Gasteiger partial charge in [-0.2, -0.15) is 0 Å². The van der Waals surface area contributed by atoms with Crippen LogP contribution in [0.25, 0.3) is 0 Å². The van der Waals surface area contributed by atoms with Crippen molar-refractivity contribution in [2.24, 2.45) is 5.73 Å². The van der Waals surface area contributed by atoms with Gasteiger partial charge in [0.2, 0.25) is 5.91 Å². The smallest absolute Gasteiger partial charge is 0.239 e. The Labute approximate surface area is 126 Å². The Morgan fingerprint density at radius 3 is 2.52 bits per heavy atom. The van der Waals surface area contributed by atoms with Crippen molar-refractivity contribution < 1.29 is 9.53 Å². The van der Waals surface area contributed by atoms with Gasteiger partial charge in [0.05, 0.1) is 6.61 Å². The van der Waals surface area contributed by atoms with Gasteiger partial charge in [0.1, 0.15) is 6.04 Å². The molecular weight excluding hydrogens is 266 g/mol. The fraction of sp³-hybridized carbons (Fsp3) is 0.562. The van der Waals surface area contributed by atoms with Crippen molar-refractivity contribution in [1.82, 2.24) is 10.2 Å². The zero-order chi connectivity index (χ0) is 15.1. The summed E-state index contributed by atoms with van der Waals surface area (Å²) in [6, 6.07) is 7.79.